The van der Waals surface area contributed by atoms with Crippen LogP contribution in [0.15, 0.2) is 91.4 Å². The lowest BCUT2D eigenvalue weighted by Crippen LogP contribution is -2.11. The van der Waals surface area contributed by atoms with Gasteiger partial charge >= 0.3 is 5.97 Å². The van der Waals surface area contributed by atoms with Crippen LogP contribution in [0.5, 0.6) is 11.5 Å². The Balaban J connectivity index is 1.25. The Morgan fingerprint density at radius 2 is 1.66 bits per heavy atom. The second kappa shape index (κ2) is 12.6. The molecule has 0 saturated carbocycles. The first-order valence-corrected chi connectivity index (χ1v) is 13.6. The van der Waals surface area contributed by atoms with Crippen LogP contribution in [0, 0.1) is 0 Å². The van der Waals surface area contributed by atoms with Crippen LogP contribution in [0.1, 0.15) is 42.8 Å². The van der Waals surface area contributed by atoms with Crippen molar-refractivity contribution in [2.24, 2.45) is 0 Å². The predicted molar refractivity (Wildman–Crippen MR) is 156 cm³/mol. The van der Waals surface area contributed by atoms with E-state index in [0.717, 1.165) is 23.6 Å². The second-order valence-corrected chi connectivity index (χ2v) is 9.42. The van der Waals surface area contributed by atoms with E-state index >= 15 is 0 Å². The van der Waals surface area contributed by atoms with Crippen LogP contribution in [0.4, 0.5) is 0 Å². The van der Waals surface area contributed by atoms with E-state index < -0.39 is 5.97 Å². The van der Waals surface area contributed by atoms with Crippen molar-refractivity contribution >= 4 is 27.9 Å². The molecule has 0 fully saturated rings. The smallest absolute Gasteiger partial charge is 0.374 e. The van der Waals surface area contributed by atoms with Gasteiger partial charge in [0, 0.05) is 24.1 Å². The minimum Gasteiger partial charge on any atom is -0.493 e. The Morgan fingerprint density at radius 3 is 2.44 bits per heavy atom. The van der Waals surface area contributed by atoms with Gasteiger partial charge in [-0.05, 0) is 43.2 Å². The van der Waals surface area contributed by atoms with Gasteiger partial charge in [0.1, 0.15) is 28.9 Å². The predicted octanol–water partition coefficient (Wildman–Crippen LogP) is 6.54. The SMILES string of the molecule is CCCc1c(OCCCOc2ccc3c(=O)c(-c4ccccc4)coc3c2)ccc2c(=O)cc(C(=O)OCC)oc12. The molecule has 210 valence electrons. The lowest BCUT2D eigenvalue weighted by Gasteiger charge is -2.14. The van der Waals surface area contributed by atoms with E-state index in [-0.39, 0.29) is 23.2 Å². The Morgan fingerprint density at radius 1 is 0.878 bits per heavy atom. The first-order valence-electron chi connectivity index (χ1n) is 13.6. The minimum atomic E-state index is -0.679. The quantitative estimate of drug-likeness (QED) is 0.134. The molecule has 2 aromatic heterocycles. The maximum atomic E-state index is 13.0. The molecule has 8 heteroatoms. The fourth-order valence-corrected chi connectivity index (χ4v) is 4.63. The van der Waals surface area contributed by atoms with E-state index in [1.54, 1.807) is 37.3 Å². The monoisotopic (exact) mass is 554 g/mol. The summed E-state index contributed by atoms with van der Waals surface area (Å²) in [6.45, 7) is 4.60. The van der Waals surface area contributed by atoms with Crippen LogP contribution in [0.3, 0.4) is 0 Å². The van der Waals surface area contributed by atoms with Gasteiger partial charge in [0.05, 0.1) is 36.2 Å². The molecule has 0 spiro atoms. The van der Waals surface area contributed by atoms with E-state index in [1.165, 1.54) is 6.26 Å². The third kappa shape index (κ3) is 6.01. The Hall–Kier alpha value is -4.85. The number of esters is 1. The Kier molecular flexibility index (Phi) is 8.48. The summed E-state index contributed by atoms with van der Waals surface area (Å²) in [5.41, 5.74) is 2.43. The van der Waals surface area contributed by atoms with Gasteiger partial charge in [-0.15, -0.1) is 0 Å². The molecule has 41 heavy (non-hydrogen) atoms. The number of carbonyl (C=O) groups is 1. The molecule has 0 saturated heterocycles. The van der Waals surface area contributed by atoms with Crippen LogP contribution < -0.4 is 20.3 Å². The highest BCUT2D eigenvalue weighted by Crippen LogP contribution is 2.29. The van der Waals surface area contributed by atoms with Gasteiger partial charge < -0.3 is 23.0 Å². The average molecular weight is 555 g/mol. The molecule has 8 nitrogen and oxygen atoms in total. The molecule has 0 aliphatic carbocycles. The van der Waals surface area contributed by atoms with Gasteiger partial charge in [-0.25, -0.2) is 4.79 Å². The van der Waals surface area contributed by atoms with Gasteiger partial charge in [0.25, 0.3) is 0 Å². The summed E-state index contributed by atoms with van der Waals surface area (Å²) >= 11 is 0. The molecule has 0 radical (unpaired) electrons. The molecule has 0 bridgehead atoms. The van der Waals surface area contributed by atoms with Gasteiger partial charge in [0.15, 0.2) is 10.9 Å². The molecule has 0 N–H and O–H groups in total. The van der Waals surface area contributed by atoms with Gasteiger partial charge in [-0.3, -0.25) is 9.59 Å². The molecule has 0 unspecified atom stereocenters. The third-order valence-electron chi connectivity index (χ3n) is 6.58. The Labute approximate surface area is 236 Å². The van der Waals surface area contributed by atoms with E-state index in [0.29, 0.717) is 65.1 Å². The number of fused-ring (bicyclic) bond motifs is 2. The highest BCUT2D eigenvalue weighted by atomic mass is 16.5. The standard InChI is InChI=1S/C33H30O8/c1-3-9-25-28(15-14-23-27(34)19-30(41-32(23)25)33(36)37-4-2)39-17-8-16-38-22-12-13-24-29(18-22)40-20-26(31(24)35)21-10-6-5-7-11-21/h5-7,10-15,18-20H,3-4,8-9,16-17H2,1-2H3. The summed E-state index contributed by atoms with van der Waals surface area (Å²) in [5.74, 6) is 0.362. The highest BCUT2D eigenvalue weighted by Gasteiger charge is 2.18. The zero-order valence-electron chi connectivity index (χ0n) is 22.9. The van der Waals surface area contributed by atoms with Gasteiger partial charge in [-0.2, -0.15) is 0 Å². The van der Waals surface area contributed by atoms with Crippen molar-refractivity contribution in [3.63, 3.8) is 0 Å². The lowest BCUT2D eigenvalue weighted by atomic mass is 10.0. The van der Waals surface area contributed by atoms with Crippen LogP contribution >= 0.6 is 0 Å². The molecule has 5 rings (SSSR count). The fraction of sp³-hybridized carbons (Fsp3) is 0.242. The summed E-state index contributed by atoms with van der Waals surface area (Å²) in [6, 6.07) is 19.1. The van der Waals surface area contributed by atoms with E-state index in [2.05, 4.69) is 0 Å². The topological polar surface area (TPSA) is 105 Å². The van der Waals surface area contributed by atoms with Crippen LogP contribution in [-0.4, -0.2) is 25.8 Å². The molecule has 2 heterocycles. The normalized spacial score (nSPS) is 11.1. The molecule has 0 amide bonds. The first-order chi connectivity index (χ1) is 20.0. The molecule has 5 aromatic rings. The minimum absolute atomic E-state index is 0.0964. The third-order valence-corrected chi connectivity index (χ3v) is 6.58. The number of benzene rings is 3. The maximum absolute atomic E-state index is 13.0. The first kappa shape index (κ1) is 27.7. The van der Waals surface area contributed by atoms with Crippen LogP contribution in [0.2, 0.25) is 0 Å². The summed E-state index contributed by atoms with van der Waals surface area (Å²) in [5, 5.41) is 0.871. The van der Waals surface area contributed by atoms with Crippen molar-refractivity contribution in [1.29, 1.82) is 0 Å². The largest absolute Gasteiger partial charge is 0.493 e. The summed E-state index contributed by atoms with van der Waals surface area (Å²) in [7, 11) is 0. The van der Waals surface area contributed by atoms with Crippen molar-refractivity contribution in [1.82, 2.24) is 0 Å². The zero-order chi connectivity index (χ0) is 28.8. The number of aryl methyl sites for hydroxylation is 1. The maximum Gasteiger partial charge on any atom is 0.374 e. The van der Waals surface area contributed by atoms with Crippen molar-refractivity contribution in [3.8, 4) is 22.6 Å². The number of ether oxygens (including phenoxy) is 3. The van der Waals surface area contributed by atoms with Gasteiger partial charge in [-0.1, -0.05) is 43.7 Å². The summed E-state index contributed by atoms with van der Waals surface area (Å²) < 4.78 is 28.5. The number of carbonyl (C=O) groups excluding carboxylic acids is 1. The molecule has 0 aliphatic heterocycles. The zero-order valence-corrected chi connectivity index (χ0v) is 22.9. The van der Waals surface area contributed by atoms with Crippen LogP contribution in [-0.2, 0) is 11.2 Å². The van der Waals surface area contributed by atoms with E-state index in [9.17, 15) is 14.4 Å². The number of hydrogen-bond acceptors (Lipinski definition) is 8. The fourth-order valence-electron chi connectivity index (χ4n) is 4.63. The summed E-state index contributed by atoms with van der Waals surface area (Å²) in [4.78, 5) is 37.8. The lowest BCUT2D eigenvalue weighted by molar-refractivity contribution is 0.0490. The van der Waals surface area contributed by atoms with Crippen molar-refractivity contribution in [2.45, 2.75) is 33.1 Å². The second-order valence-electron chi connectivity index (χ2n) is 9.42. The van der Waals surface area contributed by atoms with Crippen molar-refractivity contribution in [2.75, 3.05) is 19.8 Å². The van der Waals surface area contributed by atoms with E-state index in [4.69, 9.17) is 23.0 Å². The van der Waals surface area contributed by atoms with Crippen molar-refractivity contribution in [3.05, 3.63) is 105 Å². The Bertz CT molecular complexity index is 1800. The molecule has 0 atom stereocenters. The number of rotatable bonds is 11. The molecule has 0 aliphatic rings. The van der Waals surface area contributed by atoms with E-state index in [1.807, 2.05) is 37.3 Å². The molecule has 3 aromatic carbocycles. The summed E-state index contributed by atoms with van der Waals surface area (Å²) in [6.07, 6.45) is 3.45. The number of hydrogen-bond donors (Lipinski definition) is 0. The van der Waals surface area contributed by atoms with Crippen LogP contribution in [0.25, 0.3) is 33.1 Å². The van der Waals surface area contributed by atoms with Gasteiger partial charge in [0.2, 0.25) is 5.76 Å². The average Bonchev–Trinajstić information content (AvgIpc) is 2.98. The van der Waals surface area contributed by atoms with Crippen molar-refractivity contribution < 1.29 is 27.8 Å². The molecular formula is C33H30O8. The highest BCUT2D eigenvalue weighted by molar-refractivity contribution is 5.90. The molecular weight excluding hydrogens is 524 g/mol.